The third-order valence-electron chi connectivity index (χ3n) is 5.52. The van der Waals surface area contributed by atoms with E-state index in [0.29, 0.717) is 6.41 Å². The SMILES string of the molecule is CCCCCC1CC1(NC=O)C(=O)NSC1(Cc2ccccc2)CC1. The Morgan fingerprint density at radius 2 is 2.04 bits per heavy atom. The summed E-state index contributed by atoms with van der Waals surface area (Å²) in [6, 6.07) is 10.4. The summed E-state index contributed by atoms with van der Waals surface area (Å²) in [6.45, 7) is 2.18. The van der Waals surface area contributed by atoms with E-state index in [1.54, 1.807) is 11.9 Å². The van der Waals surface area contributed by atoms with Gasteiger partial charge in [0.15, 0.2) is 0 Å². The molecule has 2 aliphatic carbocycles. The molecule has 1 aromatic rings. The maximum Gasteiger partial charge on any atom is 0.255 e. The first-order valence-electron chi connectivity index (χ1n) is 9.38. The molecule has 0 saturated heterocycles. The molecule has 2 unspecified atom stereocenters. The Hall–Kier alpha value is -1.49. The molecule has 2 N–H and O–H groups in total. The molecule has 0 aromatic heterocycles. The van der Waals surface area contributed by atoms with Crippen LogP contribution in [-0.2, 0) is 16.0 Å². The molecule has 2 saturated carbocycles. The van der Waals surface area contributed by atoms with Gasteiger partial charge in [-0.1, -0.05) is 56.5 Å². The molecule has 0 radical (unpaired) electrons. The Morgan fingerprint density at radius 3 is 2.68 bits per heavy atom. The lowest BCUT2D eigenvalue weighted by Crippen LogP contribution is -2.46. The third kappa shape index (κ3) is 4.38. The molecule has 2 atom stereocenters. The molecular weight excluding hydrogens is 332 g/mol. The number of rotatable bonds is 11. The van der Waals surface area contributed by atoms with Gasteiger partial charge in [-0.25, -0.2) is 0 Å². The van der Waals surface area contributed by atoms with Crippen LogP contribution in [0.25, 0.3) is 0 Å². The van der Waals surface area contributed by atoms with Crippen molar-refractivity contribution in [1.82, 2.24) is 10.0 Å². The number of benzene rings is 1. The minimum atomic E-state index is -0.661. The summed E-state index contributed by atoms with van der Waals surface area (Å²) in [5, 5.41) is 2.81. The van der Waals surface area contributed by atoms with Crippen LogP contribution in [0.4, 0.5) is 0 Å². The summed E-state index contributed by atoms with van der Waals surface area (Å²) >= 11 is 1.56. The molecule has 1 aromatic carbocycles. The standard InChI is InChI=1S/C20H28N2O2S/c1-2-3-5-10-17-14-20(17,21-15-23)18(24)22-25-19(11-12-19)13-16-8-6-4-7-9-16/h4,6-9,15,17H,2-3,5,10-14H2,1H3,(H,21,23)(H,22,24). The predicted molar refractivity (Wildman–Crippen MR) is 102 cm³/mol. The second-order valence-corrected chi connectivity index (χ2v) is 8.78. The molecule has 5 heteroatoms. The fourth-order valence-corrected chi connectivity index (χ4v) is 4.65. The van der Waals surface area contributed by atoms with Gasteiger partial charge in [-0.2, -0.15) is 0 Å². The van der Waals surface area contributed by atoms with E-state index in [4.69, 9.17) is 0 Å². The zero-order valence-corrected chi connectivity index (χ0v) is 15.7. The van der Waals surface area contributed by atoms with E-state index in [9.17, 15) is 9.59 Å². The molecule has 136 valence electrons. The Morgan fingerprint density at radius 1 is 1.28 bits per heavy atom. The van der Waals surface area contributed by atoms with Crippen molar-refractivity contribution in [2.24, 2.45) is 5.92 Å². The third-order valence-corrected chi connectivity index (χ3v) is 6.79. The Kier molecular flexibility index (Phi) is 5.72. The molecule has 2 fully saturated rings. The molecule has 0 bridgehead atoms. The van der Waals surface area contributed by atoms with E-state index in [1.807, 2.05) is 6.07 Å². The number of carbonyl (C=O) groups is 2. The summed E-state index contributed by atoms with van der Waals surface area (Å²) in [4.78, 5) is 23.7. The van der Waals surface area contributed by atoms with Gasteiger partial charge in [-0.15, -0.1) is 0 Å². The number of amides is 2. The van der Waals surface area contributed by atoms with Crippen molar-refractivity contribution in [1.29, 1.82) is 0 Å². The van der Waals surface area contributed by atoms with E-state index in [0.717, 1.165) is 38.5 Å². The number of hydrogen-bond donors (Lipinski definition) is 2. The summed E-state index contributed by atoms with van der Waals surface area (Å²) in [7, 11) is 0. The van der Waals surface area contributed by atoms with Crippen molar-refractivity contribution in [3.8, 4) is 0 Å². The quantitative estimate of drug-likeness (QED) is 0.360. The highest BCUT2D eigenvalue weighted by atomic mass is 32.2. The van der Waals surface area contributed by atoms with Gasteiger partial charge in [-0.05, 0) is 55.5 Å². The van der Waals surface area contributed by atoms with Gasteiger partial charge in [0.25, 0.3) is 5.91 Å². The predicted octanol–water partition coefficient (Wildman–Crippen LogP) is 3.61. The molecule has 0 spiro atoms. The fraction of sp³-hybridized carbons (Fsp3) is 0.600. The van der Waals surface area contributed by atoms with Crippen LogP contribution in [0.3, 0.4) is 0 Å². The van der Waals surface area contributed by atoms with Crippen LogP contribution in [0.2, 0.25) is 0 Å². The molecule has 2 amide bonds. The van der Waals surface area contributed by atoms with E-state index in [1.165, 1.54) is 18.4 Å². The van der Waals surface area contributed by atoms with Crippen LogP contribution < -0.4 is 10.0 Å². The van der Waals surface area contributed by atoms with Gasteiger partial charge in [0, 0.05) is 4.75 Å². The number of unbranched alkanes of at least 4 members (excludes halogenated alkanes) is 2. The van der Waals surface area contributed by atoms with Gasteiger partial charge < -0.3 is 5.32 Å². The largest absolute Gasteiger partial charge is 0.344 e. The Labute approximate surface area is 154 Å². The lowest BCUT2D eigenvalue weighted by molar-refractivity contribution is -0.125. The first-order chi connectivity index (χ1) is 12.1. The summed E-state index contributed by atoms with van der Waals surface area (Å²) in [5.74, 6) is 0.263. The number of nitrogens with one attached hydrogen (secondary N) is 2. The Bertz CT molecular complexity index is 603. The lowest BCUT2D eigenvalue weighted by Gasteiger charge is -2.20. The molecule has 3 rings (SSSR count). The van der Waals surface area contributed by atoms with Crippen molar-refractivity contribution >= 4 is 24.3 Å². The first kappa shape index (κ1) is 18.3. The van der Waals surface area contributed by atoms with Crippen molar-refractivity contribution in [2.45, 2.75) is 68.6 Å². The van der Waals surface area contributed by atoms with Gasteiger partial charge >= 0.3 is 0 Å². The zero-order valence-electron chi connectivity index (χ0n) is 14.9. The number of hydrogen-bond acceptors (Lipinski definition) is 3. The zero-order chi connectivity index (χ0) is 17.8. The van der Waals surface area contributed by atoms with Crippen molar-refractivity contribution < 1.29 is 9.59 Å². The topological polar surface area (TPSA) is 58.2 Å². The highest BCUT2D eigenvalue weighted by molar-refractivity contribution is 7.99. The monoisotopic (exact) mass is 360 g/mol. The minimum absolute atomic E-state index is 0.0227. The van der Waals surface area contributed by atoms with Crippen LogP contribution >= 0.6 is 11.9 Å². The number of carbonyl (C=O) groups excluding carboxylic acids is 2. The normalized spacial score (nSPS) is 25.9. The van der Waals surface area contributed by atoms with E-state index in [2.05, 4.69) is 41.2 Å². The average molecular weight is 361 g/mol. The van der Waals surface area contributed by atoms with Gasteiger partial charge in [0.05, 0.1) is 0 Å². The van der Waals surface area contributed by atoms with Crippen LogP contribution in [0, 0.1) is 5.92 Å². The second-order valence-electron chi connectivity index (χ2n) is 7.51. The van der Waals surface area contributed by atoms with Crippen LogP contribution in [0.5, 0.6) is 0 Å². The molecule has 25 heavy (non-hydrogen) atoms. The lowest BCUT2D eigenvalue weighted by atomic mass is 10.1. The maximum atomic E-state index is 12.7. The van der Waals surface area contributed by atoms with Crippen molar-refractivity contribution in [2.75, 3.05) is 0 Å². The fourth-order valence-electron chi connectivity index (χ4n) is 3.61. The molecule has 2 aliphatic rings. The van der Waals surface area contributed by atoms with E-state index in [-0.39, 0.29) is 16.6 Å². The summed E-state index contributed by atoms with van der Waals surface area (Å²) in [6.07, 6.45) is 9.18. The van der Waals surface area contributed by atoms with Gasteiger partial charge in [0.1, 0.15) is 5.54 Å². The highest BCUT2D eigenvalue weighted by Crippen LogP contribution is 2.51. The molecule has 0 aliphatic heterocycles. The van der Waals surface area contributed by atoms with Crippen molar-refractivity contribution in [3.05, 3.63) is 35.9 Å². The second kappa shape index (κ2) is 7.81. The molecule has 0 heterocycles. The average Bonchev–Trinajstić information content (AvgIpc) is 3.53. The maximum absolute atomic E-state index is 12.7. The smallest absolute Gasteiger partial charge is 0.255 e. The minimum Gasteiger partial charge on any atom is -0.344 e. The van der Waals surface area contributed by atoms with Crippen molar-refractivity contribution in [3.63, 3.8) is 0 Å². The molecular formula is C20H28N2O2S. The van der Waals surface area contributed by atoms with E-state index >= 15 is 0 Å². The van der Waals surface area contributed by atoms with E-state index < -0.39 is 5.54 Å². The van der Waals surface area contributed by atoms with Crippen LogP contribution in [0.1, 0.15) is 57.4 Å². The summed E-state index contributed by atoms with van der Waals surface area (Å²) in [5.41, 5.74) is 0.650. The van der Waals surface area contributed by atoms with Crippen LogP contribution in [0.15, 0.2) is 30.3 Å². The molecule has 4 nitrogen and oxygen atoms in total. The Balaban J connectivity index is 1.51. The van der Waals surface area contributed by atoms with Gasteiger partial charge in [0.2, 0.25) is 6.41 Å². The van der Waals surface area contributed by atoms with Crippen LogP contribution in [-0.4, -0.2) is 22.6 Å². The first-order valence-corrected chi connectivity index (χ1v) is 10.2. The highest BCUT2D eigenvalue weighted by Gasteiger charge is 2.60. The van der Waals surface area contributed by atoms with Gasteiger partial charge in [-0.3, -0.25) is 14.3 Å². The summed E-state index contributed by atoms with van der Waals surface area (Å²) < 4.78 is 3.20.